The molecule has 3 rings (SSSR count). The second-order valence-corrected chi connectivity index (χ2v) is 4.05. The van der Waals surface area contributed by atoms with Gasteiger partial charge in [-0.15, -0.1) is 0 Å². The Bertz CT molecular complexity index is 359. The van der Waals surface area contributed by atoms with Crippen molar-refractivity contribution in [2.45, 2.75) is 31.5 Å². The molecule has 1 heterocycles. The topological polar surface area (TPSA) is 21.8 Å². The summed E-state index contributed by atoms with van der Waals surface area (Å²) in [7, 11) is 1.72. The third kappa shape index (κ3) is 1.22. The molecule has 1 aromatic rings. The van der Waals surface area contributed by atoms with Gasteiger partial charge in [0.25, 0.3) is 0 Å². The molecule has 0 spiro atoms. The van der Waals surface area contributed by atoms with Gasteiger partial charge in [0.1, 0.15) is 11.9 Å². The van der Waals surface area contributed by atoms with Crippen LogP contribution in [0.1, 0.15) is 30.1 Å². The van der Waals surface area contributed by atoms with Crippen LogP contribution in [-0.2, 0) is 11.2 Å². The molecule has 14 heavy (non-hydrogen) atoms. The number of ether oxygens (including phenoxy) is 2. The van der Waals surface area contributed by atoms with Crippen molar-refractivity contribution in [2.24, 2.45) is 0 Å². The van der Waals surface area contributed by atoms with Gasteiger partial charge < -0.3 is 9.47 Å². The Hall–Kier alpha value is -1.02. The second kappa shape index (κ2) is 2.99. The third-order valence-corrected chi connectivity index (χ3v) is 3.17. The lowest BCUT2D eigenvalue weighted by Gasteiger charge is -2.07. The van der Waals surface area contributed by atoms with Gasteiger partial charge in [-0.3, -0.25) is 0 Å². The first-order chi connectivity index (χ1) is 6.88. The highest BCUT2D eigenvalue weighted by Crippen LogP contribution is 2.46. The molecular weight excluding hydrogens is 176 g/mol. The molecule has 0 amide bonds. The quantitative estimate of drug-likeness (QED) is 0.634. The number of aryl methyl sites for hydroxylation is 1. The maximum absolute atomic E-state index is 5.62. The highest BCUT2D eigenvalue weighted by molar-refractivity contribution is 5.39. The largest absolute Gasteiger partial charge is 0.497 e. The molecule has 0 unspecified atom stereocenters. The third-order valence-electron chi connectivity index (χ3n) is 3.17. The molecule has 2 heteroatoms. The molecule has 74 valence electrons. The predicted octanol–water partition coefficient (Wildman–Crippen LogP) is 2.47. The normalized spacial score (nSPS) is 28.6. The molecule has 2 atom stereocenters. The van der Waals surface area contributed by atoms with E-state index in [0.29, 0.717) is 12.2 Å². The molecule has 2 nitrogen and oxygen atoms in total. The minimum absolute atomic E-state index is 0.387. The predicted molar refractivity (Wildman–Crippen MR) is 53.5 cm³/mol. The van der Waals surface area contributed by atoms with E-state index in [2.05, 4.69) is 12.1 Å². The Morgan fingerprint density at radius 3 is 3.21 bits per heavy atom. The molecule has 0 saturated carbocycles. The monoisotopic (exact) mass is 190 g/mol. The summed E-state index contributed by atoms with van der Waals surface area (Å²) >= 11 is 0. The van der Waals surface area contributed by atoms with E-state index in [0.717, 1.165) is 5.75 Å². The Kier molecular flexibility index (Phi) is 1.77. The number of hydrogen-bond acceptors (Lipinski definition) is 2. The van der Waals surface area contributed by atoms with Crippen LogP contribution in [0.2, 0.25) is 0 Å². The zero-order chi connectivity index (χ0) is 9.54. The van der Waals surface area contributed by atoms with E-state index in [1.807, 2.05) is 6.07 Å². The fraction of sp³-hybridized carbons (Fsp3) is 0.500. The van der Waals surface area contributed by atoms with Crippen LogP contribution in [0, 0.1) is 0 Å². The molecule has 1 saturated heterocycles. The maximum Gasteiger partial charge on any atom is 0.119 e. The van der Waals surface area contributed by atoms with Crippen LogP contribution in [-0.4, -0.2) is 13.2 Å². The van der Waals surface area contributed by atoms with E-state index in [1.165, 1.54) is 30.4 Å². The molecule has 1 aromatic carbocycles. The van der Waals surface area contributed by atoms with Crippen molar-refractivity contribution in [1.82, 2.24) is 0 Å². The molecule has 2 aliphatic rings. The molecule has 1 aliphatic carbocycles. The number of hydrogen-bond donors (Lipinski definition) is 0. The molecule has 0 aromatic heterocycles. The average Bonchev–Trinajstić information content (AvgIpc) is 2.96. The van der Waals surface area contributed by atoms with E-state index in [-0.39, 0.29) is 0 Å². The van der Waals surface area contributed by atoms with Crippen LogP contribution in [0.3, 0.4) is 0 Å². The molecule has 0 N–H and O–H groups in total. The van der Waals surface area contributed by atoms with Gasteiger partial charge >= 0.3 is 0 Å². The van der Waals surface area contributed by atoms with E-state index >= 15 is 0 Å². The zero-order valence-electron chi connectivity index (χ0n) is 8.32. The van der Waals surface area contributed by atoms with Crippen LogP contribution in [0.5, 0.6) is 5.75 Å². The minimum atomic E-state index is 0.387. The van der Waals surface area contributed by atoms with Gasteiger partial charge in [0.15, 0.2) is 0 Å². The van der Waals surface area contributed by atoms with Crippen molar-refractivity contribution in [3.63, 3.8) is 0 Å². The smallest absolute Gasteiger partial charge is 0.119 e. The summed E-state index contributed by atoms with van der Waals surface area (Å²) in [4.78, 5) is 0. The average molecular weight is 190 g/mol. The van der Waals surface area contributed by atoms with Gasteiger partial charge in [0.05, 0.1) is 13.2 Å². The van der Waals surface area contributed by atoms with Crippen molar-refractivity contribution >= 4 is 0 Å². The summed E-state index contributed by atoms with van der Waals surface area (Å²) in [6.07, 6.45) is 4.51. The van der Waals surface area contributed by atoms with Gasteiger partial charge in [-0.05, 0) is 42.5 Å². The molecular formula is C12H14O2. The highest BCUT2D eigenvalue weighted by atomic mass is 16.6. The van der Waals surface area contributed by atoms with E-state index in [4.69, 9.17) is 9.47 Å². The first-order valence-corrected chi connectivity index (χ1v) is 5.21. The summed E-state index contributed by atoms with van der Waals surface area (Å²) in [5.74, 6) is 0.961. The van der Waals surface area contributed by atoms with Crippen LogP contribution in [0.4, 0.5) is 0 Å². The van der Waals surface area contributed by atoms with E-state index in [9.17, 15) is 0 Å². The summed E-state index contributed by atoms with van der Waals surface area (Å²) in [6, 6.07) is 6.34. The molecule has 0 radical (unpaired) electrons. The summed E-state index contributed by atoms with van der Waals surface area (Å²) < 4.78 is 10.8. The first-order valence-electron chi connectivity index (χ1n) is 5.21. The Labute approximate surface area is 83.8 Å². The highest BCUT2D eigenvalue weighted by Gasteiger charge is 2.42. The van der Waals surface area contributed by atoms with Gasteiger partial charge in [-0.25, -0.2) is 0 Å². The molecule has 1 aliphatic heterocycles. The lowest BCUT2D eigenvalue weighted by molar-refractivity contribution is 0.357. The summed E-state index contributed by atoms with van der Waals surface area (Å²) in [5.41, 5.74) is 2.79. The summed E-state index contributed by atoms with van der Waals surface area (Å²) in [5, 5.41) is 0. The Morgan fingerprint density at radius 1 is 1.43 bits per heavy atom. The number of epoxide rings is 1. The lowest BCUT2D eigenvalue weighted by Crippen LogP contribution is -1.93. The van der Waals surface area contributed by atoms with E-state index < -0.39 is 0 Å². The van der Waals surface area contributed by atoms with Crippen molar-refractivity contribution in [2.75, 3.05) is 7.11 Å². The lowest BCUT2D eigenvalue weighted by atomic mass is 10.0. The Balaban J connectivity index is 2.02. The van der Waals surface area contributed by atoms with Gasteiger partial charge in [0.2, 0.25) is 0 Å². The number of rotatable bonds is 1. The van der Waals surface area contributed by atoms with Crippen LogP contribution in [0.25, 0.3) is 0 Å². The van der Waals surface area contributed by atoms with Gasteiger partial charge in [-0.1, -0.05) is 6.07 Å². The second-order valence-electron chi connectivity index (χ2n) is 4.05. The fourth-order valence-corrected chi connectivity index (χ4v) is 2.33. The van der Waals surface area contributed by atoms with Crippen molar-refractivity contribution < 1.29 is 9.47 Å². The van der Waals surface area contributed by atoms with Crippen LogP contribution >= 0.6 is 0 Å². The van der Waals surface area contributed by atoms with Crippen molar-refractivity contribution in [3.05, 3.63) is 29.3 Å². The van der Waals surface area contributed by atoms with E-state index in [1.54, 1.807) is 7.11 Å². The first kappa shape index (κ1) is 8.30. The van der Waals surface area contributed by atoms with Crippen LogP contribution in [0.15, 0.2) is 18.2 Å². The van der Waals surface area contributed by atoms with Crippen molar-refractivity contribution in [1.29, 1.82) is 0 Å². The fourth-order valence-electron chi connectivity index (χ4n) is 2.33. The molecule has 1 fully saturated rings. The number of fused-ring (bicyclic) bond motifs is 3. The van der Waals surface area contributed by atoms with Crippen LogP contribution < -0.4 is 4.74 Å². The summed E-state index contributed by atoms with van der Waals surface area (Å²) in [6.45, 7) is 0. The number of benzene rings is 1. The number of methoxy groups -OCH3 is 1. The zero-order valence-corrected chi connectivity index (χ0v) is 8.32. The maximum atomic E-state index is 5.62. The standard InChI is InChI=1S/C12H14O2/c1-13-9-5-6-10-8(7-9)3-2-4-11-12(10)14-11/h5-7,11-12H,2-4H2,1H3/t11-,12+/m1/s1. The van der Waals surface area contributed by atoms with Gasteiger partial charge in [-0.2, -0.15) is 0 Å². The SMILES string of the molecule is COc1ccc2c(c1)CCC[C@H]1O[C@@H]21. The minimum Gasteiger partial charge on any atom is -0.497 e. The molecule has 0 bridgehead atoms. The van der Waals surface area contributed by atoms with Gasteiger partial charge in [0, 0.05) is 0 Å². The van der Waals surface area contributed by atoms with Crippen molar-refractivity contribution in [3.8, 4) is 5.75 Å². The Morgan fingerprint density at radius 2 is 2.36 bits per heavy atom.